The second kappa shape index (κ2) is 12.0. The molecule has 0 saturated heterocycles. The van der Waals surface area contributed by atoms with Crippen LogP contribution >= 0.6 is 11.6 Å². The number of imide groups is 1. The molecule has 0 aliphatic rings. The zero-order valence-corrected chi connectivity index (χ0v) is 24.4. The average Bonchev–Trinajstić information content (AvgIpc) is 3.16. The lowest BCUT2D eigenvalue weighted by molar-refractivity contribution is 0.0551. The Hall–Kier alpha value is -3.73. The van der Waals surface area contributed by atoms with Crippen molar-refractivity contribution >= 4 is 40.8 Å². The molecule has 0 aliphatic heterocycles. The molecule has 11 nitrogen and oxygen atoms in total. The number of nitrogens with zero attached hydrogens (tertiary/aromatic N) is 6. The predicted molar refractivity (Wildman–Crippen MR) is 149 cm³/mol. The van der Waals surface area contributed by atoms with Gasteiger partial charge >= 0.3 is 12.2 Å². The number of fused-ring (bicyclic) bond motifs is 1. The lowest BCUT2D eigenvalue weighted by Crippen LogP contribution is -2.43. The van der Waals surface area contributed by atoms with Crippen LogP contribution in [0.3, 0.4) is 0 Å². The first-order valence-corrected chi connectivity index (χ1v) is 12.9. The molecule has 39 heavy (non-hydrogen) atoms. The van der Waals surface area contributed by atoms with E-state index in [0.29, 0.717) is 40.2 Å². The summed E-state index contributed by atoms with van der Waals surface area (Å²) in [5.74, 6) is 0.430. The molecule has 3 heterocycles. The SMILES string of the molecule is C=CCCc1nn(Cc2ncc(C)c(OC)c2C)c2nc(N(C(=O)OC(C)C)C(=O)OC(C)(C)C)nc(Cl)c12. The minimum Gasteiger partial charge on any atom is -0.496 e. The zero-order chi connectivity index (χ0) is 29.1. The summed E-state index contributed by atoms with van der Waals surface area (Å²) in [6.45, 7) is 16.2. The number of aromatic nitrogens is 5. The van der Waals surface area contributed by atoms with Crippen molar-refractivity contribution in [2.24, 2.45) is 0 Å². The van der Waals surface area contributed by atoms with Gasteiger partial charge in [-0.25, -0.2) is 14.3 Å². The molecule has 2 amide bonds. The second-order valence-electron chi connectivity index (χ2n) is 10.2. The van der Waals surface area contributed by atoms with Crippen molar-refractivity contribution in [3.8, 4) is 5.75 Å². The maximum Gasteiger partial charge on any atom is 0.427 e. The Morgan fingerprint density at radius 3 is 2.46 bits per heavy atom. The Morgan fingerprint density at radius 2 is 1.87 bits per heavy atom. The van der Waals surface area contributed by atoms with Crippen molar-refractivity contribution in [1.29, 1.82) is 0 Å². The summed E-state index contributed by atoms with van der Waals surface area (Å²) in [5, 5.41) is 5.28. The minimum absolute atomic E-state index is 0.0254. The van der Waals surface area contributed by atoms with Gasteiger partial charge < -0.3 is 14.2 Å². The van der Waals surface area contributed by atoms with E-state index in [1.54, 1.807) is 58.7 Å². The van der Waals surface area contributed by atoms with Gasteiger partial charge in [0.2, 0.25) is 5.95 Å². The normalized spacial score (nSPS) is 11.5. The third kappa shape index (κ3) is 6.83. The van der Waals surface area contributed by atoms with E-state index in [0.717, 1.165) is 16.9 Å². The fourth-order valence-electron chi connectivity index (χ4n) is 3.89. The van der Waals surface area contributed by atoms with E-state index in [9.17, 15) is 9.59 Å². The molecule has 0 N–H and O–H groups in total. The zero-order valence-electron chi connectivity index (χ0n) is 23.7. The number of carbonyl (C=O) groups is 2. The van der Waals surface area contributed by atoms with Gasteiger partial charge in [-0.2, -0.15) is 15.1 Å². The van der Waals surface area contributed by atoms with Crippen LogP contribution in [-0.2, 0) is 22.4 Å². The van der Waals surface area contributed by atoms with E-state index in [1.807, 2.05) is 13.8 Å². The van der Waals surface area contributed by atoms with Gasteiger partial charge in [-0.05, 0) is 61.3 Å². The van der Waals surface area contributed by atoms with E-state index in [1.165, 1.54) is 0 Å². The molecule has 0 unspecified atom stereocenters. The van der Waals surface area contributed by atoms with Gasteiger partial charge in [0.1, 0.15) is 16.5 Å². The van der Waals surface area contributed by atoms with Crippen LogP contribution in [0, 0.1) is 13.8 Å². The van der Waals surface area contributed by atoms with Crippen LogP contribution in [0.5, 0.6) is 5.75 Å². The summed E-state index contributed by atoms with van der Waals surface area (Å²) in [4.78, 5) is 40.2. The first kappa shape index (κ1) is 29.8. The number of rotatable bonds is 8. The van der Waals surface area contributed by atoms with Crippen molar-refractivity contribution in [2.75, 3.05) is 12.0 Å². The van der Waals surface area contributed by atoms with E-state index in [4.69, 9.17) is 30.9 Å². The molecular formula is C27H35ClN6O5. The third-order valence-electron chi connectivity index (χ3n) is 5.54. The molecule has 0 aliphatic carbocycles. The first-order chi connectivity index (χ1) is 18.3. The Bertz CT molecular complexity index is 1400. The minimum atomic E-state index is -0.998. The van der Waals surface area contributed by atoms with Gasteiger partial charge in [0.15, 0.2) is 5.65 Å². The Kier molecular flexibility index (Phi) is 9.16. The van der Waals surface area contributed by atoms with E-state index >= 15 is 0 Å². The summed E-state index contributed by atoms with van der Waals surface area (Å²) in [5.41, 5.74) is 2.53. The number of hydrogen-bond donors (Lipinski definition) is 0. The highest BCUT2D eigenvalue weighted by molar-refractivity contribution is 6.34. The number of ether oxygens (including phenoxy) is 3. The van der Waals surface area contributed by atoms with Crippen molar-refractivity contribution in [1.82, 2.24) is 24.7 Å². The van der Waals surface area contributed by atoms with Crippen LogP contribution in [0.15, 0.2) is 18.9 Å². The van der Waals surface area contributed by atoms with Gasteiger partial charge in [0.05, 0.1) is 36.5 Å². The smallest absolute Gasteiger partial charge is 0.427 e. The maximum atomic E-state index is 13.1. The third-order valence-corrected chi connectivity index (χ3v) is 5.81. The van der Waals surface area contributed by atoms with Crippen LogP contribution in [0.2, 0.25) is 5.15 Å². The molecule has 0 saturated carbocycles. The molecular weight excluding hydrogens is 524 g/mol. The quantitative estimate of drug-likeness (QED) is 0.243. The van der Waals surface area contributed by atoms with Crippen molar-refractivity contribution in [3.63, 3.8) is 0 Å². The fraction of sp³-hybridized carbons (Fsp3) is 0.481. The molecule has 0 atom stereocenters. The lowest BCUT2D eigenvalue weighted by atomic mass is 10.1. The number of carbonyl (C=O) groups excluding carboxylic acids is 2. The summed E-state index contributed by atoms with van der Waals surface area (Å²) in [7, 11) is 1.61. The lowest BCUT2D eigenvalue weighted by Gasteiger charge is -2.25. The number of anilines is 1. The average molecular weight is 559 g/mol. The molecule has 210 valence electrons. The fourth-order valence-corrected chi connectivity index (χ4v) is 4.15. The Balaban J connectivity index is 2.22. The summed E-state index contributed by atoms with van der Waals surface area (Å²) < 4.78 is 17.9. The number of amides is 2. The monoisotopic (exact) mass is 558 g/mol. The Labute approximate surface area is 233 Å². The largest absolute Gasteiger partial charge is 0.496 e. The van der Waals surface area contributed by atoms with Crippen LogP contribution in [0.1, 0.15) is 63.6 Å². The van der Waals surface area contributed by atoms with Crippen LogP contribution in [-0.4, -0.2) is 55.7 Å². The molecule has 0 radical (unpaired) electrons. The second-order valence-corrected chi connectivity index (χ2v) is 10.6. The van der Waals surface area contributed by atoms with Crippen LogP contribution < -0.4 is 9.64 Å². The standard InChI is InChI=1S/C27H35ClN6O5/c1-10-11-12-18-20-22(28)30-24(34(25(35)38-15(2)3)26(36)39-27(6,7)8)31-23(20)33(32-18)14-19-17(5)21(37-9)16(4)13-29-19/h10,13,15H,1,11-12,14H2,2-9H3. The molecule has 0 fully saturated rings. The number of halogens is 1. The highest BCUT2D eigenvalue weighted by atomic mass is 35.5. The molecule has 3 aromatic heterocycles. The van der Waals surface area contributed by atoms with E-state index in [2.05, 4.69) is 21.5 Å². The summed E-state index contributed by atoms with van der Waals surface area (Å²) >= 11 is 6.66. The highest BCUT2D eigenvalue weighted by Gasteiger charge is 2.34. The summed E-state index contributed by atoms with van der Waals surface area (Å²) in [6, 6.07) is 0. The topological polar surface area (TPSA) is 122 Å². The van der Waals surface area contributed by atoms with Gasteiger partial charge in [0, 0.05) is 17.3 Å². The number of aryl methyl sites for hydroxylation is 2. The highest BCUT2D eigenvalue weighted by Crippen LogP contribution is 2.30. The molecule has 3 aromatic rings. The van der Waals surface area contributed by atoms with Crippen molar-refractivity contribution < 1.29 is 23.8 Å². The predicted octanol–water partition coefficient (Wildman–Crippen LogP) is 5.95. The summed E-state index contributed by atoms with van der Waals surface area (Å²) in [6.07, 6.45) is 2.18. The van der Waals surface area contributed by atoms with Crippen molar-refractivity contribution in [2.45, 2.75) is 79.6 Å². The molecule has 12 heteroatoms. The van der Waals surface area contributed by atoms with Gasteiger partial charge in [-0.3, -0.25) is 4.98 Å². The number of pyridine rings is 1. The number of methoxy groups -OCH3 is 1. The maximum absolute atomic E-state index is 13.1. The van der Waals surface area contributed by atoms with Crippen LogP contribution in [0.4, 0.5) is 15.5 Å². The van der Waals surface area contributed by atoms with Gasteiger partial charge in [0.25, 0.3) is 0 Å². The molecule has 3 rings (SSSR count). The number of hydrogen-bond acceptors (Lipinski definition) is 9. The van der Waals surface area contributed by atoms with Gasteiger partial charge in [-0.15, -0.1) is 11.5 Å². The molecule has 0 spiro atoms. The molecule has 0 bridgehead atoms. The van der Waals surface area contributed by atoms with E-state index in [-0.39, 0.29) is 17.6 Å². The van der Waals surface area contributed by atoms with Crippen LogP contribution in [0.25, 0.3) is 11.0 Å². The van der Waals surface area contributed by atoms with Crippen molar-refractivity contribution in [3.05, 3.63) is 46.5 Å². The molecule has 0 aromatic carbocycles. The van der Waals surface area contributed by atoms with Gasteiger partial charge in [-0.1, -0.05) is 17.7 Å². The Morgan fingerprint density at radius 1 is 1.18 bits per heavy atom. The number of allylic oxidation sites excluding steroid dienone is 1. The first-order valence-electron chi connectivity index (χ1n) is 12.5. The van der Waals surface area contributed by atoms with E-state index < -0.39 is 23.9 Å².